The molecule has 2 amide bonds. The topological polar surface area (TPSA) is 53.1 Å². The molecule has 3 fully saturated rings. The molecule has 0 N–H and O–H groups in total. The van der Waals surface area contributed by atoms with Crippen LogP contribution >= 0.6 is 0 Å². The fraction of sp³-hybridized carbons (Fsp3) is 0.667. The van der Waals surface area contributed by atoms with Crippen molar-refractivity contribution in [2.45, 2.75) is 31.1 Å². The third-order valence-corrected chi connectivity index (χ3v) is 7.49. The SMILES string of the molecule is COCC(=O)N1C[C@@H]2CN(C(=O)C3(c4ccccc4)CCCC3)C[C@]2(CN(C)C)C1. The number of nitrogens with zero attached hydrogens (tertiary/aromatic N) is 3. The monoisotopic (exact) mass is 413 g/mol. The average molecular weight is 414 g/mol. The summed E-state index contributed by atoms with van der Waals surface area (Å²) in [5.41, 5.74) is 0.743. The molecule has 1 saturated carbocycles. The summed E-state index contributed by atoms with van der Waals surface area (Å²) >= 11 is 0. The Morgan fingerprint density at radius 2 is 1.70 bits per heavy atom. The number of fused-ring (bicyclic) bond motifs is 1. The molecule has 6 heteroatoms. The predicted molar refractivity (Wildman–Crippen MR) is 116 cm³/mol. The van der Waals surface area contributed by atoms with Gasteiger partial charge in [0.1, 0.15) is 6.61 Å². The maximum atomic E-state index is 14.0. The van der Waals surface area contributed by atoms with Gasteiger partial charge < -0.3 is 19.4 Å². The van der Waals surface area contributed by atoms with Gasteiger partial charge in [0.2, 0.25) is 11.8 Å². The number of hydrogen-bond donors (Lipinski definition) is 0. The van der Waals surface area contributed by atoms with Crippen LogP contribution in [0.2, 0.25) is 0 Å². The Morgan fingerprint density at radius 3 is 2.33 bits per heavy atom. The smallest absolute Gasteiger partial charge is 0.248 e. The van der Waals surface area contributed by atoms with Crippen molar-refractivity contribution < 1.29 is 14.3 Å². The summed E-state index contributed by atoms with van der Waals surface area (Å²) in [7, 11) is 5.73. The first-order chi connectivity index (χ1) is 14.4. The molecule has 0 radical (unpaired) electrons. The molecule has 2 saturated heterocycles. The molecule has 0 bridgehead atoms. The Kier molecular flexibility index (Phi) is 5.90. The molecule has 2 aliphatic heterocycles. The summed E-state index contributed by atoms with van der Waals surface area (Å²) in [4.78, 5) is 32.7. The molecular formula is C24H35N3O3. The standard InChI is InChI=1S/C24H35N3O3/c1-25(2)16-23-17-26(21(28)15-30-3)13-20(23)14-27(18-23)22(29)24(11-7-8-12-24)19-9-5-4-6-10-19/h4-6,9-10,20H,7-8,11-18H2,1-3H3/t20-,23+/m1/s1. The number of likely N-dealkylation sites (tertiary alicyclic amines) is 2. The van der Waals surface area contributed by atoms with Crippen LogP contribution in [0.1, 0.15) is 31.2 Å². The first kappa shape index (κ1) is 21.3. The van der Waals surface area contributed by atoms with Crippen LogP contribution in [0.25, 0.3) is 0 Å². The van der Waals surface area contributed by atoms with E-state index in [0.717, 1.165) is 51.9 Å². The van der Waals surface area contributed by atoms with Gasteiger partial charge >= 0.3 is 0 Å². The van der Waals surface area contributed by atoms with E-state index in [1.165, 1.54) is 5.56 Å². The maximum absolute atomic E-state index is 14.0. The van der Waals surface area contributed by atoms with Crippen molar-refractivity contribution in [3.63, 3.8) is 0 Å². The van der Waals surface area contributed by atoms with Crippen LogP contribution in [0.3, 0.4) is 0 Å². The second-order valence-electron chi connectivity index (χ2n) is 9.85. The minimum Gasteiger partial charge on any atom is -0.375 e. The highest BCUT2D eigenvalue weighted by Crippen LogP contribution is 2.47. The normalized spacial score (nSPS) is 27.7. The zero-order valence-corrected chi connectivity index (χ0v) is 18.6. The Balaban J connectivity index is 1.57. The maximum Gasteiger partial charge on any atom is 0.248 e. The molecule has 1 aliphatic carbocycles. The van der Waals surface area contributed by atoms with Crippen LogP contribution in [-0.2, 0) is 19.7 Å². The average Bonchev–Trinajstić information content (AvgIpc) is 3.41. The number of rotatable bonds is 6. The van der Waals surface area contributed by atoms with Crippen LogP contribution in [0, 0.1) is 11.3 Å². The molecule has 3 aliphatic rings. The fourth-order valence-electron chi connectivity index (χ4n) is 6.26. The summed E-state index contributed by atoms with van der Waals surface area (Å²) in [6, 6.07) is 10.4. The van der Waals surface area contributed by atoms with Gasteiger partial charge in [0.25, 0.3) is 0 Å². The summed E-state index contributed by atoms with van der Waals surface area (Å²) in [6.45, 7) is 3.93. The molecular weight excluding hydrogens is 378 g/mol. The van der Waals surface area contributed by atoms with Gasteiger partial charge in [-0.15, -0.1) is 0 Å². The zero-order valence-electron chi connectivity index (χ0n) is 18.6. The predicted octanol–water partition coefficient (Wildman–Crippen LogP) is 1.99. The Labute approximate surface area is 180 Å². The second kappa shape index (κ2) is 8.31. The largest absolute Gasteiger partial charge is 0.375 e. The van der Waals surface area contributed by atoms with Crippen molar-refractivity contribution in [2.24, 2.45) is 11.3 Å². The van der Waals surface area contributed by atoms with Gasteiger partial charge in [-0.3, -0.25) is 9.59 Å². The van der Waals surface area contributed by atoms with E-state index in [1.807, 2.05) is 23.1 Å². The number of carbonyl (C=O) groups excluding carboxylic acids is 2. The highest BCUT2D eigenvalue weighted by Gasteiger charge is 2.57. The van der Waals surface area contributed by atoms with Gasteiger partial charge in [-0.1, -0.05) is 43.2 Å². The highest BCUT2D eigenvalue weighted by molar-refractivity contribution is 5.89. The van der Waals surface area contributed by atoms with Gasteiger partial charge in [-0.05, 0) is 32.5 Å². The van der Waals surface area contributed by atoms with Crippen molar-refractivity contribution in [1.29, 1.82) is 0 Å². The number of hydrogen-bond acceptors (Lipinski definition) is 4. The quantitative estimate of drug-likeness (QED) is 0.716. The number of carbonyl (C=O) groups is 2. The first-order valence-electron chi connectivity index (χ1n) is 11.2. The molecule has 0 spiro atoms. The zero-order chi connectivity index (χ0) is 21.4. The van der Waals surface area contributed by atoms with Crippen molar-refractivity contribution >= 4 is 11.8 Å². The molecule has 2 atom stereocenters. The van der Waals surface area contributed by atoms with Crippen molar-refractivity contribution in [1.82, 2.24) is 14.7 Å². The lowest BCUT2D eigenvalue weighted by Crippen LogP contribution is -2.48. The third-order valence-electron chi connectivity index (χ3n) is 7.49. The summed E-state index contributed by atoms with van der Waals surface area (Å²) < 4.78 is 5.08. The van der Waals surface area contributed by atoms with Crippen molar-refractivity contribution in [2.75, 3.05) is 60.5 Å². The molecule has 6 nitrogen and oxygen atoms in total. The van der Waals surface area contributed by atoms with Crippen molar-refractivity contribution in [3.8, 4) is 0 Å². The number of ether oxygens (including phenoxy) is 1. The van der Waals surface area contributed by atoms with Gasteiger partial charge in [0, 0.05) is 51.2 Å². The lowest BCUT2D eigenvalue weighted by molar-refractivity contribution is -0.137. The minimum absolute atomic E-state index is 0.0551. The Bertz CT molecular complexity index is 775. The Morgan fingerprint density at radius 1 is 1.07 bits per heavy atom. The molecule has 4 rings (SSSR count). The van der Waals surface area contributed by atoms with E-state index in [9.17, 15) is 9.59 Å². The molecule has 0 unspecified atom stereocenters. The molecule has 1 aromatic carbocycles. The van der Waals surface area contributed by atoms with E-state index >= 15 is 0 Å². The van der Waals surface area contributed by atoms with E-state index in [0.29, 0.717) is 18.4 Å². The summed E-state index contributed by atoms with van der Waals surface area (Å²) in [5, 5.41) is 0. The molecule has 2 heterocycles. The molecule has 164 valence electrons. The van der Waals surface area contributed by atoms with E-state index < -0.39 is 0 Å². The molecule has 30 heavy (non-hydrogen) atoms. The number of methoxy groups -OCH3 is 1. The van der Waals surface area contributed by atoms with Crippen LogP contribution in [0.4, 0.5) is 0 Å². The van der Waals surface area contributed by atoms with E-state index in [2.05, 4.69) is 36.0 Å². The minimum atomic E-state index is -0.370. The van der Waals surface area contributed by atoms with Gasteiger partial charge in [-0.25, -0.2) is 0 Å². The fourth-order valence-corrected chi connectivity index (χ4v) is 6.26. The van der Waals surface area contributed by atoms with Gasteiger partial charge in [0.05, 0.1) is 5.41 Å². The van der Waals surface area contributed by atoms with Gasteiger partial charge in [-0.2, -0.15) is 0 Å². The highest BCUT2D eigenvalue weighted by atomic mass is 16.5. The second-order valence-corrected chi connectivity index (χ2v) is 9.85. The van der Waals surface area contributed by atoms with Crippen LogP contribution < -0.4 is 0 Å². The van der Waals surface area contributed by atoms with Crippen LogP contribution in [0.15, 0.2) is 30.3 Å². The summed E-state index contributed by atoms with van der Waals surface area (Å²) in [6.07, 6.45) is 4.10. The number of benzene rings is 1. The van der Waals surface area contributed by atoms with Crippen LogP contribution in [0.5, 0.6) is 0 Å². The van der Waals surface area contributed by atoms with E-state index in [4.69, 9.17) is 4.74 Å². The van der Waals surface area contributed by atoms with Crippen molar-refractivity contribution in [3.05, 3.63) is 35.9 Å². The third kappa shape index (κ3) is 3.65. The first-order valence-corrected chi connectivity index (χ1v) is 11.2. The molecule has 1 aromatic rings. The summed E-state index contributed by atoms with van der Waals surface area (Å²) in [5.74, 6) is 0.673. The Hall–Kier alpha value is -1.92. The van der Waals surface area contributed by atoms with E-state index in [-0.39, 0.29) is 23.3 Å². The lowest BCUT2D eigenvalue weighted by atomic mass is 9.77. The lowest BCUT2D eigenvalue weighted by Gasteiger charge is -2.36. The van der Waals surface area contributed by atoms with Crippen LogP contribution in [-0.4, -0.2) is 87.0 Å². The molecule has 0 aromatic heterocycles. The number of amides is 2. The van der Waals surface area contributed by atoms with E-state index in [1.54, 1.807) is 7.11 Å². The van der Waals surface area contributed by atoms with Gasteiger partial charge in [0.15, 0.2) is 0 Å².